The summed E-state index contributed by atoms with van der Waals surface area (Å²) in [6.45, 7) is 0.732. The smallest absolute Gasteiger partial charge is 0.150 e. The van der Waals surface area contributed by atoms with Crippen molar-refractivity contribution in [2.45, 2.75) is 18.9 Å². The molecule has 0 spiro atoms. The van der Waals surface area contributed by atoms with Crippen LogP contribution in [-0.2, 0) is 4.74 Å². The lowest BCUT2D eigenvalue weighted by molar-refractivity contribution is 0.109. The Balaban J connectivity index is 2.34. The number of aldehydes is 1. The molecule has 74 valence electrons. The van der Waals surface area contributed by atoms with Gasteiger partial charge in [-0.3, -0.25) is 4.79 Å². The van der Waals surface area contributed by atoms with Crippen molar-refractivity contribution in [3.63, 3.8) is 0 Å². The molecule has 1 aromatic rings. The second-order valence-electron chi connectivity index (χ2n) is 3.44. The molecule has 14 heavy (non-hydrogen) atoms. The average molecular weight is 192 g/mol. The third kappa shape index (κ3) is 1.63. The van der Waals surface area contributed by atoms with Gasteiger partial charge in [0, 0.05) is 17.7 Å². The summed E-state index contributed by atoms with van der Waals surface area (Å²) in [5.41, 5.74) is 1.31. The van der Waals surface area contributed by atoms with Crippen LogP contribution in [-0.4, -0.2) is 18.0 Å². The molecule has 0 bridgehead atoms. The molecule has 0 aromatic heterocycles. The number of benzene rings is 1. The van der Waals surface area contributed by atoms with E-state index in [1.165, 1.54) is 0 Å². The predicted molar refractivity (Wildman–Crippen MR) is 51.4 cm³/mol. The SMILES string of the molecule is O=Cc1ccc(O)c(C2CCCO2)c1. The summed E-state index contributed by atoms with van der Waals surface area (Å²) in [6, 6.07) is 4.83. The fraction of sp³-hybridized carbons (Fsp3) is 0.364. The largest absolute Gasteiger partial charge is 0.508 e. The zero-order valence-corrected chi connectivity index (χ0v) is 7.77. The van der Waals surface area contributed by atoms with Crippen LogP contribution in [0.4, 0.5) is 0 Å². The molecule has 0 saturated carbocycles. The predicted octanol–water partition coefficient (Wildman–Crippen LogP) is 2.06. The van der Waals surface area contributed by atoms with Crippen LogP contribution < -0.4 is 0 Å². The Morgan fingerprint density at radius 3 is 3.00 bits per heavy atom. The van der Waals surface area contributed by atoms with Crippen LogP contribution in [0.3, 0.4) is 0 Å². The Bertz CT molecular complexity index is 340. The Morgan fingerprint density at radius 1 is 1.50 bits per heavy atom. The second kappa shape index (κ2) is 3.80. The van der Waals surface area contributed by atoms with Gasteiger partial charge in [-0.15, -0.1) is 0 Å². The Kier molecular flexibility index (Phi) is 2.50. The minimum Gasteiger partial charge on any atom is -0.508 e. The maximum Gasteiger partial charge on any atom is 0.150 e. The molecule has 1 unspecified atom stereocenters. The molecule has 0 amide bonds. The van der Waals surface area contributed by atoms with Gasteiger partial charge in [-0.05, 0) is 31.0 Å². The summed E-state index contributed by atoms with van der Waals surface area (Å²) in [6.07, 6.45) is 2.65. The Hall–Kier alpha value is -1.35. The van der Waals surface area contributed by atoms with Gasteiger partial charge < -0.3 is 9.84 Å². The molecule has 1 N–H and O–H groups in total. The van der Waals surface area contributed by atoms with Crippen LogP contribution in [0.15, 0.2) is 18.2 Å². The first-order chi connectivity index (χ1) is 6.81. The van der Waals surface area contributed by atoms with Gasteiger partial charge >= 0.3 is 0 Å². The average Bonchev–Trinajstić information content (AvgIpc) is 2.71. The van der Waals surface area contributed by atoms with Gasteiger partial charge in [0.05, 0.1) is 6.10 Å². The first-order valence-electron chi connectivity index (χ1n) is 4.71. The van der Waals surface area contributed by atoms with E-state index in [4.69, 9.17) is 4.74 Å². The van der Waals surface area contributed by atoms with E-state index in [1.807, 2.05) is 0 Å². The zero-order valence-electron chi connectivity index (χ0n) is 7.77. The quantitative estimate of drug-likeness (QED) is 0.729. The van der Waals surface area contributed by atoms with Crippen LogP contribution in [0.1, 0.15) is 34.9 Å². The number of rotatable bonds is 2. The summed E-state index contributed by atoms with van der Waals surface area (Å²) >= 11 is 0. The fourth-order valence-electron chi connectivity index (χ4n) is 1.73. The van der Waals surface area contributed by atoms with Crippen LogP contribution in [0.5, 0.6) is 5.75 Å². The standard InChI is InChI=1S/C11H12O3/c12-7-8-3-4-10(13)9(6-8)11-2-1-5-14-11/h3-4,6-7,11,13H,1-2,5H2. The molecule has 2 rings (SSSR count). The highest BCUT2D eigenvalue weighted by Gasteiger charge is 2.20. The maximum atomic E-state index is 10.6. The summed E-state index contributed by atoms with van der Waals surface area (Å²) in [5, 5.41) is 9.59. The fourth-order valence-corrected chi connectivity index (χ4v) is 1.73. The molecule has 1 atom stereocenters. The minimum absolute atomic E-state index is 0.0464. The number of carbonyl (C=O) groups excluding carboxylic acids is 1. The number of phenols is 1. The molecule has 1 saturated heterocycles. The van der Waals surface area contributed by atoms with Crippen LogP contribution in [0.25, 0.3) is 0 Å². The molecule has 1 aromatic carbocycles. The zero-order chi connectivity index (χ0) is 9.97. The Labute approximate surface area is 82.3 Å². The second-order valence-corrected chi connectivity index (χ2v) is 3.44. The van der Waals surface area contributed by atoms with Crippen molar-refractivity contribution in [3.8, 4) is 5.75 Å². The van der Waals surface area contributed by atoms with Crippen molar-refractivity contribution in [2.24, 2.45) is 0 Å². The lowest BCUT2D eigenvalue weighted by atomic mass is 10.0. The topological polar surface area (TPSA) is 46.5 Å². The van der Waals surface area contributed by atoms with E-state index in [-0.39, 0.29) is 11.9 Å². The van der Waals surface area contributed by atoms with Gasteiger partial charge in [-0.2, -0.15) is 0 Å². The maximum absolute atomic E-state index is 10.6. The van der Waals surface area contributed by atoms with Gasteiger partial charge in [0.15, 0.2) is 0 Å². The molecule has 1 aliphatic rings. The van der Waals surface area contributed by atoms with Crippen molar-refractivity contribution < 1.29 is 14.6 Å². The first-order valence-corrected chi connectivity index (χ1v) is 4.71. The molecule has 0 radical (unpaired) electrons. The third-order valence-electron chi connectivity index (χ3n) is 2.46. The van der Waals surface area contributed by atoms with E-state index in [0.29, 0.717) is 5.56 Å². The van der Waals surface area contributed by atoms with Crippen LogP contribution in [0, 0.1) is 0 Å². The third-order valence-corrected chi connectivity index (χ3v) is 2.46. The van der Waals surface area contributed by atoms with Gasteiger partial charge in [0.1, 0.15) is 12.0 Å². The minimum atomic E-state index is -0.0464. The van der Waals surface area contributed by atoms with E-state index in [1.54, 1.807) is 18.2 Å². The number of aromatic hydroxyl groups is 1. The molecule has 1 aliphatic heterocycles. The van der Waals surface area contributed by atoms with Gasteiger partial charge in [0.2, 0.25) is 0 Å². The van der Waals surface area contributed by atoms with Crippen molar-refractivity contribution in [1.29, 1.82) is 0 Å². The monoisotopic (exact) mass is 192 g/mol. The first kappa shape index (κ1) is 9.21. The van der Waals surface area contributed by atoms with Crippen LogP contribution in [0.2, 0.25) is 0 Å². The van der Waals surface area contributed by atoms with E-state index in [0.717, 1.165) is 31.3 Å². The lowest BCUT2D eigenvalue weighted by Crippen LogP contribution is -1.97. The molecule has 1 heterocycles. The molecular formula is C11H12O3. The van der Waals surface area contributed by atoms with Crippen molar-refractivity contribution >= 4 is 6.29 Å². The van der Waals surface area contributed by atoms with Crippen molar-refractivity contribution in [1.82, 2.24) is 0 Å². The number of hydrogen-bond donors (Lipinski definition) is 1. The van der Waals surface area contributed by atoms with Crippen molar-refractivity contribution in [2.75, 3.05) is 6.61 Å². The number of ether oxygens (including phenoxy) is 1. The van der Waals surface area contributed by atoms with E-state index < -0.39 is 0 Å². The summed E-state index contributed by atoms with van der Waals surface area (Å²) in [7, 11) is 0. The molecular weight excluding hydrogens is 180 g/mol. The van der Waals surface area contributed by atoms with Crippen LogP contribution >= 0.6 is 0 Å². The molecule has 3 heteroatoms. The van der Waals surface area contributed by atoms with Gasteiger partial charge in [0.25, 0.3) is 0 Å². The molecule has 0 aliphatic carbocycles. The highest BCUT2D eigenvalue weighted by atomic mass is 16.5. The van der Waals surface area contributed by atoms with Crippen molar-refractivity contribution in [3.05, 3.63) is 29.3 Å². The number of hydrogen-bond acceptors (Lipinski definition) is 3. The molecule has 1 fully saturated rings. The highest BCUT2D eigenvalue weighted by Crippen LogP contribution is 2.34. The lowest BCUT2D eigenvalue weighted by Gasteiger charge is -2.11. The van der Waals surface area contributed by atoms with E-state index in [2.05, 4.69) is 0 Å². The summed E-state index contributed by atoms with van der Waals surface area (Å²) in [5.74, 6) is 0.211. The summed E-state index contributed by atoms with van der Waals surface area (Å²) in [4.78, 5) is 10.6. The van der Waals surface area contributed by atoms with Gasteiger partial charge in [-0.25, -0.2) is 0 Å². The van der Waals surface area contributed by atoms with E-state index >= 15 is 0 Å². The Morgan fingerprint density at radius 2 is 2.36 bits per heavy atom. The summed E-state index contributed by atoms with van der Waals surface area (Å²) < 4.78 is 5.44. The van der Waals surface area contributed by atoms with E-state index in [9.17, 15) is 9.90 Å². The molecule has 3 nitrogen and oxygen atoms in total. The highest BCUT2D eigenvalue weighted by molar-refractivity contribution is 5.75. The van der Waals surface area contributed by atoms with Gasteiger partial charge in [-0.1, -0.05) is 0 Å². The normalized spacial score (nSPS) is 21.0. The number of phenolic OH excluding ortho intramolecular Hbond substituents is 1. The number of carbonyl (C=O) groups is 1.